The molecular weight excluding hydrogens is 685 g/mol. The van der Waals surface area contributed by atoms with Crippen LogP contribution in [0.1, 0.15) is 17.9 Å². The Kier molecular flexibility index (Phi) is 9.43. The highest BCUT2D eigenvalue weighted by Gasteiger charge is 2.54. The Hall–Kier alpha value is -5.44. The van der Waals surface area contributed by atoms with E-state index in [1.54, 1.807) is 11.0 Å². The molecule has 6 rings (SSSR count). The van der Waals surface area contributed by atoms with Crippen LogP contribution in [0, 0.1) is 0 Å². The summed E-state index contributed by atoms with van der Waals surface area (Å²) in [6.45, 7) is 0.731. The van der Waals surface area contributed by atoms with Gasteiger partial charge in [-0.3, -0.25) is 19.3 Å². The number of thiazole rings is 1. The number of carbonyl (C=O) groups is 5. The largest absolute Gasteiger partial charge is 0.490 e. The zero-order chi connectivity index (χ0) is 34.9. The number of aromatic amines is 1. The van der Waals surface area contributed by atoms with Crippen LogP contribution in [-0.2, 0) is 30.5 Å². The van der Waals surface area contributed by atoms with Crippen LogP contribution in [0.5, 0.6) is 0 Å². The number of para-hydroxylation sites is 2. The number of carbonyl (C=O) groups excluding carboxylic acids is 3. The van der Waals surface area contributed by atoms with Gasteiger partial charge in [-0.1, -0.05) is 17.3 Å². The van der Waals surface area contributed by atoms with Gasteiger partial charge in [0.25, 0.3) is 11.8 Å². The molecule has 16 nitrogen and oxygen atoms in total. The molecular formula is C27H23F3N8O8S2. The second-order valence-electron chi connectivity index (χ2n) is 10.2. The van der Waals surface area contributed by atoms with Gasteiger partial charge in [0, 0.05) is 23.3 Å². The van der Waals surface area contributed by atoms with E-state index in [4.69, 9.17) is 15.6 Å². The second-order valence-corrected chi connectivity index (χ2v) is 12.2. The number of aromatic nitrogens is 3. The normalized spacial score (nSPS) is 20.4. The van der Waals surface area contributed by atoms with Crippen molar-refractivity contribution in [1.29, 1.82) is 0 Å². The molecule has 7 N–H and O–H groups in total. The number of amides is 3. The molecule has 2 aromatic heterocycles. The molecule has 0 radical (unpaired) electrons. The Morgan fingerprint density at radius 3 is 2.50 bits per heavy atom. The number of hydrogen-bond donors (Lipinski definition) is 6. The molecule has 3 amide bonds. The lowest BCUT2D eigenvalue weighted by Crippen LogP contribution is -2.71. The van der Waals surface area contributed by atoms with Crippen molar-refractivity contribution in [2.24, 2.45) is 5.16 Å². The van der Waals surface area contributed by atoms with Crippen molar-refractivity contribution in [1.82, 2.24) is 30.1 Å². The molecule has 0 bridgehead atoms. The quantitative estimate of drug-likeness (QED) is 0.0673. The van der Waals surface area contributed by atoms with Crippen LogP contribution in [0.3, 0.4) is 0 Å². The number of nitrogen functional groups attached to an aromatic ring is 1. The number of nitrogens with zero attached hydrogens (tertiary/aromatic N) is 5. The fourth-order valence-electron chi connectivity index (χ4n) is 5.00. The third-order valence-electron chi connectivity index (χ3n) is 7.15. The lowest BCUT2D eigenvalue weighted by molar-refractivity contribution is -0.192. The van der Waals surface area contributed by atoms with Crippen molar-refractivity contribution in [3.05, 3.63) is 64.1 Å². The number of imidazole rings is 1. The lowest BCUT2D eigenvalue weighted by atomic mass is 10.0. The van der Waals surface area contributed by atoms with E-state index in [9.17, 15) is 42.7 Å². The third-order valence-corrected chi connectivity index (χ3v) is 9.13. The van der Waals surface area contributed by atoms with Crippen LogP contribution in [-0.4, -0.2) is 105 Å². The Bertz CT molecular complexity index is 1890. The molecule has 3 aromatic rings. The number of carboxylic acid groups (broad SMARTS) is 2. The molecule has 0 unspecified atom stereocenters. The third kappa shape index (κ3) is 6.81. The van der Waals surface area contributed by atoms with Crippen LogP contribution in [0.2, 0.25) is 0 Å². The van der Waals surface area contributed by atoms with Crippen molar-refractivity contribution >= 4 is 74.6 Å². The van der Waals surface area contributed by atoms with Gasteiger partial charge in [0.1, 0.15) is 28.6 Å². The monoisotopic (exact) mass is 708 g/mol. The highest BCUT2D eigenvalue weighted by Crippen LogP contribution is 2.41. The Labute approximate surface area is 274 Å². The van der Waals surface area contributed by atoms with E-state index in [0.29, 0.717) is 29.9 Å². The summed E-state index contributed by atoms with van der Waals surface area (Å²) in [4.78, 5) is 74.4. The SMILES string of the molecule is Nc1nc(/C(=N/O)C(=O)N[C@@H]2C(=O)N3C(C(=O)O)=C(/C=C4\CCN(Cc5nc6ccccc6[nH]5)C4=O)CS[C@H]23)cs1.O=C(O)C(F)(F)F. The number of nitrogens with two attached hydrogens (primary N) is 1. The number of allylic oxidation sites excluding steroid dienone is 1. The minimum atomic E-state index is -5.08. The number of fused-ring (bicyclic) bond motifs is 2. The predicted octanol–water partition coefficient (Wildman–Crippen LogP) is 1.51. The Balaban J connectivity index is 0.000000582. The highest BCUT2D eigenvalue weighted by molar-refractivity contribution is 8.00. The molecule has 21 heteroatoms. The van der Waals surface area contributed by atoms with Gasteiger partial charge in [-0.15, -0.1) is 23.1 Å². The maximum atomic E-state index is 13.2. The predicted molar refractivity (Wildman–Crippen MR) is 162 cm³/mol. The molecule has 2 atom stereocenters. The number of hydrogen-bond acceptors (Lipinski definition) is 12. The maximum Gasteiger partial charge on any atom is 0.490 e. The molecule has 48 heavy (non-hydrogen) atoms. The number of carboxylic acids is 2. The first kappa shape index (κ1) is 33.9. The summed E-state index contributed by atoms with van der Waals surface area (Å²) in [5.41, 5.74) is 7.42. The van der Waals surface area contributed by atoms with Crippen LogP contribution >= 0.6 is 23.1 Å². The summed E-state index contributed by atoms with van der Waals surface area (Å²) in [7, 11) is 0. The Morgan fingerprint density at radius 2 is 1.90 bits per heavy atom. The fourth-order valence-corrected chi connectivity index (χ4v) is 6.85. The second kappa shape index (κ2) is 13.4. The number of rotatable bonds is 7. The first-order valence-corrected chi connectivity index (χ1v) is 15.5. The summed E-state index contributed by atoms with van der Waals surface area (Å²) in [6, 6.07) is 6.51. The van der Waals surface area contributed by atoms with E-state index in [1.165, 1.54) is 17.1 Å². The number of β-lactam (4-membered cyclic amide) rings is 1. The van der Waals surface area contributed by atoms with Crippen molar-refractivity contribution in [2.45, 2.75) is 30.6 Å². The number of halogens is 3. The molecule has 2 saturated heterocycles. The molecule has 0 saturated carbocycles. The number of aliphatic carboxylic acids is 2. The number of alkyl halides is 3. The smallest absolute Gasteiger partial charge is 0.477 e. The van der Waals surface area contributed by atoms with Crippen LogP contribution < -0.4 is 11.1 Å². The number of benzene rings is 1. The van der Waals surface area contributed by atoms with E-state index in [2.05, 4.69) is 25.4 Å². The van der Waals surface area contributed by atoms with Crippen molar-refractivity contribution in [3.8, 4) is 0 Å². The average Bonchev–Trinajstić information content (AvgIpc) is 3.74. The summed E-state index contributed by atoms with van der Waals surface area (Å²) in [5, 5.41) is 32.8. The maximum absolute atomic E-state index is 13.2. The molecule has 0 aliphatic carbocycles. The minimum absolute atomic E-state index is 0.0445. The van der Waals surface area contributed by atoms with Gasteiger partial charge in [0.2, 0.25) is 5.91 Å². The highest BCUT2D eigenvalue weighted by atomic mass is 32.2. The van der Waals surface area contributed by atoms with Gasteiger partial charge in [-0.05, 0) is 30.2 Å². The van der Waals surface area contributed by atoms with Gasteiger partial charge in [-0.25, -0.2) is 19.6 Å². The van der Waals surface area contributed by atoms with Crippen molar-refractivity contribution < 1.29 is 52.6 Å². The first-order chi connectivity index (χ1) is 22.7. The standard InChI is InChI=1S/C25H22N8O6S2.C2HF3O2/c26-25-29-15(10-41-25)17(31-39)20(34)30-18-22(36)33-19(24(37)38)12(9-40-23(18)33)7-11-5-6-32(21(11)35)8-16-27-13-3-1-2-4-14(13)28-16;3-2(4,5)1(6)7/h1-4,7,10,18,23,39H,5-6,8-9H2,(H2,26,29)(H,27,28)(H,30,34)(H,37,38);(H,6,7)/b11-7+,31-17-;/t18-,23-;/m1./s1. The zero-order valence-electron chi connectivity index (χ0n) is 24.1. The number of nitrogens with one attached hydrogen (secondary N) is 2. The molecule has 3 aliphatic heterocycles. The molecule has 1 aromatic carbocycles. The topological polar surface area (TPSA) is 244 Å². The number of anilines is 1. The van der Waals surface area contributed by atoms with E-state index in [1.807, 2.05) is 24.3 Å². The lowest BCUT2D eigenvalue weighted by Gasteiger charge is -2.49. The summed E-state index contributed by atoms with van der Waals surface area (Å²) in [6.07, 6.45) is -3.11. The van der Waals surface area contributed by atoms with Gasteiger partial charge in [-0.2, -0.15) is 13.2 Å². The van der Waals surface area contributed by atoms with E-state index >= 15 is 0 Å². The van der Waals surface area contributed by atoms with Gasteiger partial charge in [0.15, 0.2) is 10.8 Å². The van der Waals surface area contributed by atoms with Crippen LogP contribution in [0.25, 0.3) is 11.0 Å². The van der Waals surface area contributed by atoms with Gasteiger partial charge in [0.05, 0.1) is 17.6 Å². The molecule has 252 valence electrons. The number of likely N-dealkylation sites (tertiary alicyclic amines) is 1. The van der Waals surface area contributed by atoms with Crippen LogP contribution in [0.4, 0.5) is 18.3 Å². The molecule has 2 fully saturated rings. The van der Waals surface area contributed by atoms with E-state index < -0.39 is 47.1 Å². The summed E-state index contributed by atoms with van der Waals surface area (Å²) < 4.78 is 31.7. The van der Waals surface area contributed by atoms with E-state index in [-0.39, 0.29) is 34.7 Å². The van der Waals surface area contributed by atoms with Crippen LogP contribution in [0.15, 0.2) is 57.7 Å². The van der Waals surface area contributed by atoms with Gasteiger partial charge >= 0.3 is 18.1 Å². The first-order valence-electron chi connectivity index (χ1n) is 13.6. The summed E-state index contributed by atoms with van der Waals surface area (Å²) in [5.74, 6) is -4.95. The van der Waals surface area contributed by atoms with E-state index in [0.717, 1.165) is 27.3 Å². The number of H-pyrrole nitrogens is 1. The molecule has 0 spiro atoms. The molecule has 3 aliphatic rings. The number of oxime groups is 1. The van der Waals surface area contributed by atoms with Crippen molar-refractivity contribution in [2.75, 3.05) is 18.0 Å². The number of thioether (sulfide) groups is 1. The average molecular weight is 709 g/mol. The fraction of sp³-hybridized carbons (Fsp3) is 0.259. The van der Waals surface area contributed by atoms with Gasteiger partial charge < -0.3 is 36.4 Å². The minimum Gasteiger partial charge on any atom is -0.477 e. The molecule has 5 heterocycles. The Morgan fingerprint density at radius 1 is 1.19 bits per heavy atom. The summed E-state index contributed by atoms with van der Waals surface area (Å²) >= 11 is 2.30. The zero-order valence-corrected chi connectivity index (χ0v) is 25.7. The van der Waals surface area contributed by atoms with Crippen molar-refractivity contribution in [3.63, 3.8) is 0 Å².